The molecule has 1 N–H and O–H groups in total. The topological polar surface area (TPSA) is 77.9 Å². The summed E-state index contributed by atoms with van der Waals surface area (Å²) in [5.74, 6) is -0.467. The smallest absolute Gasteiger partial charge is 0.311 e. The van der Waals surface area contributed by atoms with E-state index < -0.39 is 21.6 Å². The molecule has 0 aromatic heterocycles. The summed E-state index contributed by atoms with van der Waals surface area (Å²) in [5, 5.41) is 9.57. The van der Waals surface area contributed by atoms with Crippen LogP contribution in [0.1, 0.15) is 39.0 Å². The summed E-state index contributed by atoms with van der Waals surface area (Å²) in [6.45, 7) is 3.72. The summed E-state index contributed by atoms with van der Waals surface area (Å²) in [6, 6.07) is 0. The normalized spacial score (nSPS) is 38.5. The van der Waals surface area contributed by atoms with E-state index in [2.05, 4.69) is 6.92 Å². The molecule has 0 amide bonds. The van der Waals surface area contributed by atoms with E-state index in [4.69, 9.17) is 0 Å². The van der Waals surface area contributed by atoms with Crippen molar-refractivity contribution in [2.24, 2.45) is 17.3 Å². The fourth-order valence-electron chi connectivity index (χ4n) is 4.29. The van der Waals surface area contributed by atoms with Crippen LogP contribution in [0.25, 0.3) is 0 Å². The Kier molecular flexibility index (Phi) is 3.78. The molecule has 3 rings (SSSR count). The second kappa shape index (κ2) is 5.21. The van der Waals surface area contributed by atoms with Crippen molar-refractivity contribution in [3.63, 3.8) is 0 Å². The standard InChI is InChI=1S/C14H24N2O4S/c1-11-4-3-7-15(8-11)21(19,20)16-9-12-5-2-6-14(12,10-16)13(17)18/h11-12H,2-10H2,1H3,(H,17,18)/t11?,12-,14+/m0/s1. The molecule has 6 nitrogen and oxygen atoms in total. The van der Waals surface area contributed by atoms with E-state index in [1.165, 1.54) is 4.31 Å². The largest absolute Gasteiger partial charge is 0.481 e. The van der Waals surface area contributed by atoms with E-state index in [9.17, 15) is 18.3 Å². The highest BCUT2D eigenvalue weighted by molar-refractivity contribution is 7.86. The second-order valence-electron chi connectivity index (χ2n) is 6.96. The summed E-state index contributed by atoms with van der Waals surface area (Å²) in [7, 11) is -3.51. The molecular formula is C14H24N2O4S. The maximum absolute atomic E-state index is 12.8. The van der Waals surface area contributed by atoms with Crippen LogP contribution in [-0.2, 0) is 15.0 Å². The van der Waals surface area contributed by atoms with Gasteiger partial charge >= 0.3 is 5.97 Å². The van der Waals surface area contributed by atoms with Gasteiger partial charge in [-0.05, 0) is 37.5 Å². The van der Waals surface area contributed by atoms with Crippen LogP contribution >= 0.6 is 0 Å². The Morgan fingerprint density at radius 1 is 1.19 bits per heavy atom. The third-order valence-corrected chi connectivity index (χ3v) is 7.45. The first-order valence-corrected chi connectivity index (χ1v) is 9.24. The molecule has 0 bridgehead atoms. The summed E-state index contributed by atoms with van der Waals surface area (Å²) in [4.78, 5) is 11.7. The number of hydrogen-bond donors (Lipinski definition) is 1. The molecule has 3 fully saturated rings. The van der Waals surface area contributed by atoms with Gasteiger partial charge in [-0.15, -0.1) is 0 Å². The predicted octanol–water partition coefficient (Wildman–Crippen LogP) is 1.15. The summed E-state index contributed by atoms with van der Waals surface area (Å²) in [6.07, 6.45) is 4.28. The zero-order valence-corrected chi connectivity index (χ0v) is 13.3. The minimum Gasteiger partial charge on any atom is -0.481 e. The molecular weight excluding hydrogens is 292 g/mol. The van der Waals surface area contributed by atoms with E-state index in [-0.39, 0.29) is 12.5 Å². The SMILES string of the molecule is CC1CCCN(S(=O)(=O)N2C[C@@H]3CCC[C@@]3(C(=O)O)C2)C1. The van der Waals surface area contributed by atoms with Gasteiger partial charge in [0, 0.05) is 26.2 Å². The average molecular weight is 316 g/mol. The Morgan fingerprint density at radius 2 is 1.95 bits per heavy atom. The van der Waals surface area contributed by atoms with Crippen molar-refractivity contribution in [2.45, 2.75) is 39.0 Å². The second-order valence-corrected chi connectivity index (χ2v) is 8.88. The van der Waals surface area contributed by atoms with Crippen LogP contribution in [0.5, 0.6) is 0 Å². The van der Waals surface area contributed by atoms with E-state index >= 15 is 0 Å². The minimum atomic E-state index is -3.51. The van der Waals surface area contributed by atoms with Gasteiger partial charge in [-0.3, -0.25) is 4.79 Å². The lowest BCUT2D eigenvalue weighted by Gasteiger charge is -2.33. The highest BCUT2D eigenvalue weighted by Crippen LogP contribution is 2.49. The van der Waals surface area contributed by atoms with E-state index in [0.29, 0.717) is 32.0 Å². The first-order chi connectivity index (χ1) is 9.86. The van der Waals surface area contributed by atoms with Crippen LogP contribution in [0.2, 0.25) is 0 Å². The molecule has 0 aromatic rings. The zero-order chi connectivity index (χ0) is 15.3. The number of carbonyl (C=O) groups is 1. The Hall–Kier alpha value is -0.660. The Bertz CT molecular complexity index is 535. The number of piperidine rings is 1. The van der Waals surface area contributed by atoms with Gasteiger partial charge in [-0.2, -0.15) is 17.0 Å². The molecule has 21 heavy (non-hydrogen) atoms. The molecule has 0 radical (unpaired) electrons. The molecule has 0 spiro atoms. The van der Waals surface area contributed by atoms with Crippen molar-refractivity contribution >= 4 is 16.2 Å². The van der Waals surface area contributed by atoms with Crippen LogP contribution in [-0.4, -0.2) is 54.3 Å². The molecule has 1 unspecified atom stereocenters. The maximum atomic E-state index is 12.8. The predicted molar refractivity (Wildman–Crippen MR) is 77.9 cm³/mol. The van der Waals surface area contributed by atoms with Gasteiger partial charge in [0.05, 0.1) is 5.41 Å². The zero-order valence-electron chi connectivity index (χ0n) is 12.5. The Balaban J connectivity index is 1.80. The lowest BCUT2D eigenvalue weighted by molar-refractivity contribution is -0.149. The van der Waals surface area contributed by atoms with Crippen molar-refractivity contribution in [1.29, 1.82) is 0 Å². The average Bonchev–Trinajstić information content (AvgIpc) is 2.96. The fraction of sp³-hybridized carbons (Fsp3) is 0.929. The van der Waals surface area contributed by atoms with Gasteiger partial charge in [0.1, 0.15) is 0 Å². The lowest BCUT2D eigenvalue weighted by atomic mass is 9.81. The van der Waals surface area contributed by atoms with Crippen LogP contribution in [0.3, 0.4) is 0 Å². The van der Waals surface area contributed by atoms with Gasteiger partial charge in [-0.25, -0.2) is 0 Å². The molecule has 1 aliphatic carbocycles. The van der Waals surface area contributed by atoms with Crippen LogP contribution in [0, 0.1) is 17.3 Å². The molecule has 2 heterocycles. The van der Waals surface area contributed by atoms with Gasteiger partial charge in [-0.1, -0.05) is 13.3 Å². The first kappa shape index (κ1) is 15.2. The molecule has 120 valence electrons. The molecule has 2 saturated heterocycles. The van der Waals surface area contributed by atoms with E-state index in [0.717, 1.165) is 25.7 Å². The Labute approximate surface area is 126 Å². The van der Waals surface area contributed by atoms with E-state index in [1.807, 2.05) is 0 Å². The van der Waals surface area contributed by atoms with Crippen LogP contribution in [0.15, 0.2) is 0 Å². The van der Waals surface area contributed by atoms with Gasteiger partial charge in [0.2, 0.25) is 0 Å². The highest BCUT2D eigenvalue weighted by Gasteiger charge is 2.57. The molecule has 1 saturated carbocycles. The fourth-order valence-corrected chi connectivity index (χ4v) is 6.18. The number of nitrogens with zero attached hydrogens (tertiary/aromatic N) is 2. The monoisotopic (exact) mass is 316 g/mol. The van der Waals surface area contributed by atoms with Gasteiger partial charge in [0.25, 0.3) is 10.2 Å². The molecule has 0 aromatic carbocycles. The molecule has 7 heteroatoms. The summed E-state index contributed by atoms with van der Waals surface area (Å²) >= 11 is 0. The first-order valence-electron chi connectivity index (χ1n) is 7.85. The van der Waals surface area contributed by atoms with Crippen molar-refractivity contribution in [2.75, 3.05) is 26.2 Å². The number of fused-ring (bicyclic) bond motifs is 1. The van der Waals surface area contributed by atoms with E-state index in [1.54, 1.807) is 4.31 Å². The van der Waals surface area contributed by atoms with Crippen molar-refractivity contribution in [3.05, 3.63) is 0 Å². The van der Waals surface area contributed by atoms with Crippen molar-refractivity contribution < 1.29 is 18.3 Å². The van der Waals surface area contributed by atoms with Gasteiger partial charge in [0.15, 0.2) is 0 Å². The third kappa shape index (κ3) is 2.39. The molecule has 3 atom stereocenters. The van der Waals surface area contributed by atoms with Crippen LogP contribution in [0.4, 0.5) is 0 Å². The third-order valence-electron chi connectivity index (χ3n) is 5.54. The number of aliphatic carboxylic acids is 1. The summed E-state index contributed by atoms with van der Waals surface area (Å²) in [5.41, 5.74) is -0.839. The maximum Gasteiger partial charge on any atom is 0.311 e. The number of carboxylic acids is 1. The molecule has 2 aliphatic heterocycles. The molecule has 3 aliphatic rings. The highest BCUT2D eigenvalue weighted by atomic mass is 32.2. The lowest BCUT2D eigenvalue weighted by Crippen LogP contribution is -2.48. The van der Waals surface area contributed by atoms with Crippen molar-refractivity contribution in [3.8, 4) is 0 Å². The number of carboxylic acid groups (broad SMARTS) is 1. The Morgan fingerprint density at radius 3 is 2.57 bits per heavy atom. The van der Waals surface area contributed by atoms with Crippen molar-refractivity contribution in [1.82, 2.24) is 8.61 Å². The van der Waals surface area contributed by atoms with Gasteiger partial charge < -0.3 is 5.11 Å². The number of hydrogen-bond acceptors (Lipinski definition) is 3. The quantitative estimate of drug-likeness (QED) is 0.847. The minimum absolute atomic E-state index is 0.0213. The summed E-state index contributed by atoms with van der Waals surface area (Å²) < 4.78 is 28.6. The van der Waals surface area contributed by atoms with Crippen LogP contribution < -0.4 is 0 Å². The number of rotatable bonds is 3.